The summed E-state index contributed by atoms with van der Waals surface area (Å²) in [6.07, 6.45) is 0. The molecule has 5 heteroatoms. The van der Waals surface area contributed by atoms with Crippen molar-refractivity contribution in [3.05, 3.63) is 24.3 Å². The maximum atomic E-state index is 9.60. The average Bonchev–Trinajstić information content (AvgIpc) is 1.88. The molecule has 0 amide bonds. The predicted molar refractivity (Wildman–Crippen MR) is 58.4 cm³/mol. The van der Waals surface area contributed by atoms with Crippen molar-refractivity contribution in [1.29, 1.82) is 0 Å². The molecule has 0 radical (unpaired) electrons. The molecule has 0 aromatic rings. The average molecular weight is 442 g/mol. The van der Waals surface area contributed by atoms with Gasteiger partial charge in [-0.15, -0.1) is 0 Å². The van der Waals surface area contributed by atoms with Gasteiger partial charge in [0.25, 0.3) is 0 Å². The fourth-order valence-electron chi connectivity index (χ4n) is 0. The Balaban J connectivity index is -0.0000000370. The Morgan fingerprint density at radius 1 is 0.867 bits per heavy atom. The van der Waals surface area contributed by atoms with E-state index in [9.17, 15) is 9.59 Å². The summed E-state index contributed by atoms with van der Waals surface area (Å²) in [7, 11) is 0. The molecule has 0 aromatic heterocycles. The fraction of sp³-hybridized carbons (Fsp3) is 0.400. The Hall–Kier alpha value is -0.528. The van der Waals surface area contributed by atoms with Crippen molar-refractivity contribution in [3.8, 4) is 0 Å². The van der Waals surface area contributed by atoms with Crippen LogP contribution < -0.4 is 0 Å². The van der Waals surface area contributed by atoms with Gasteiger partial charge < -0.3 is 10.2 Å². The monoisotopic (exact) mass is 442 g/mol. The molecule has 0 aliphatic heterocycles. The third-order valence-corrected chi connectivity index (χ3v) is 0.730. The zero-order valence-corrected chi connectivity index (χ0v) is 11.8. The van der Waals surface area contributed by atoms with Gasteiger partial charge in [0.05, 0.1) is 0 Å². The van der Waals surface area contributed by atoms with Gasteiger partial charge in [-0.25, -0.2) is 9.59 Å². The van der Waals surface area contributed by atoms with Crippen LogP contribution in [0.4, 0.5) is 0 Å². The van der Waals surface area contributed by atoms with Crippen LogP contribution >= 0.6 is 0 Å². The van der Waals surface area contributed by atoms with Crippen LogP contribution in [-0.2, 0) is 9.59 Å². The molecular formula is C10H20O4U. The van der Waals surface area contributed by atoms with E-state index in [1.54, 1.807) is 0 Å². The van der Waals surface area contributed by atoms with E-state index in [0.717, 1.165) is 0 Å². The van der Waals surface area contributed by atoms with Crippen LogP contribution in [0.15, 0.2) is 24.3 Å². The molecule has 0 saturated heterocycles. The first-order valence-corrected chi connectivity index (χ1v) is 3.06. The molecule has 0 rings (SSSR count). The number of carbonyl (C=O) groups is 2. The Kier molecular flexibility index (Phi) is 31.1. The first kappa shape index (κ1) is 29.3. The van der Waals surface area contributed by atoms with Gasteiger partial charge in [-0.05, 0) is 13.8 Å². The Bertz CT molecular complexity index is 173. The standard InChI is InChI=1S/2C4H6O2.2CH4.U/c2*1-3(2)4(5)6;;;/h2*1H2,2H3,(H,5,6);2*1H4;. The normalized spacial score (nSPS) is 6.00. The molecule has 15 heavy (non-hydrogen) atoms. The molecule has 0 aliphatic carbocycles. The molecule has 0 aliphatic rings. The van der Waals surface area contributed by atoms with Gasteiger partial charge >= 0.3 is 11.9 Å². The SMILES string of the molecule is C.C.C=C(C)C(=O)O.C=C(C)C(=O)O.[U]. The first-order valence-electron chi connectivity index (χ1n) is 3.06. The summed E-state index contributed by atoms with van der Waals surface area (Å²) in [5.74, 6) is -1.87. The number of carboxylic acid groups (broad SMARTS) is 2. The molecular weight excluding hydrogens is 422 g/mol. The smallest absolute Gasteiger partial charge is 0.330 e. The summed E-state index contributed by atoms with van der Waals surface area (Å²) in [4.78, 5) is 19.2. The number of aliphatic carboxylic acids is 2. The molecule has 2 N–H and O–H groups in total. The molecule has 0 heterocycles. The van der Waals surface area contributed by atoms with Crippen molar-refractivity contribution in [3.63, 3.8) is 0 Å². The second-order valence-electron chi connectivity index (χ2n) is 2.17. The summed E-state index contributed by atoms with van der Waals surface area (Å²) in [6.45, 7) is 9.20. The molecule has 0 saturated carbocycles. The van der Waals surface area contributed by atoms with Crippen molar-refractivity contribution < 1.29 is 50.9 Å². The molecule has 0 spiro atoms. The van der Waals surface area contributed by atoms with E-state index in [4.69, 9.17) is 10.2 Å². The Morgan fingerprint density at radius 3 is 0.933 bits per heavy atom. The Morgan fingerprint density at radius 2 is 0.933 bits per heavy atom. The zero-order valence-electron chi connectivity index (χ0n) is 7.63. The molecule has 0 fully saturated rings. The van der Waals surface area contributed by atoms with Crippen molar-refractivity contribution in [1.82, 2.24) is 0 Å². The van der Waals surface area contributed by atoms with Crippen molar-refractivity contribution in [2.75, 3.05) is 0 Å². The first-order chi connectivity index (χ1) is 5.29. The number of hydrogen-bond acceptors (Lipinski definition) is 2. The summed E-state index contributed by atoms with van der Waals surface area (Å²) in [5.41, 5.74) is 0.352. The fourth-order valence-corrected chi connectivity index (χ4v) is 0. The van der Waals surface area contributed by atoms with Crippen LogP contribution in [0, 0.1) is 31.1 Å². The molecule has 0 aromatic carbocycles. The molecule has 4 nitrogen and oxygen atoms in total. The maximum absolute atomic E-state index is 9.60. The van der Waals surface area contributed by atoms with Gasteiger partial charge in [0.15, 0.2) is 0 Å². The minimum atomic E-state index is -0.935. The summed E-state index contributed by atoms with van der Waals surface area (Å²) < 4.78 is 0. The summed E-state index contributed by atoms with van der Waals surface area (Å²) >= 11 is 0. The minimum absolute atomic E-state index is 0. The maximum Gasteiger partial charge on any atom is 0.330 e. The zero-order chi connectivity index (χ0) is 10.3. The molecule has 0 unspecified atom stereocenters. The van der Waals surface area contributed by atoms with E-state index in [2.05, 4.69) is 13.2 Å². The van der Waals surface area contributed by atoms with E-state index in [0.29, 0.717) is 0 Å². The molecule has 88 valence electrons. The van der Waals surface area contributed by atoms with E-state index in [-0.39, 0.29) is 57.1 Å². The summed E-state index contributed by atoms with van der Waals surface area (Å²) in [5, 5.41) is 15.8. The summed E-state index contributed by atoms with van der Waals surface area (Å²) in [6, 6.07) is 0. The number of carboxylic acids is 2. The van der Waals surface area contributed by atoms with Gasteiger partial charge in [0.2, 0.25) is 0 Å². The van der Waals surface area contributed by atoms with Crippen molar-refractivity contribution in [2.45, 2.75) is 28.7 Å². The van der Waals surface area contributed by atoms with Gasteiger partial charge in [0.1, 0.15) is 0 Å². The van der Waals surface area contributed by atoms with E-state index >= 15 is 0 Å². The van der Waals surface area contributed by atoms with E-state index in [1.165, 1.54) is 13.8 Å². The second kappa shape index (κ2) is 15.9. The van der Waals surface area contributed by atoms with Crippen molar-refractivity contribution >= 4 is 11.9 Å². The van der Waals surface area contributed by atoms with E-state index < -0.39 is 11.9 Å². The number of rotatable bonds is 2. The third-order valence-electron chi connectivity index (χ3n) is 0.730. The van der Waals surface area contributed by atoms with Crippen LogP contribution in [0.1, 0.15) is 28.7 Å². The Labute approximate surface area is 115 Å². The number of hydrogen-bond donors (Lipinski definition) is 2. The largest absolute Gasteiger partial charge is 0.478 e. The minimum Gasteiger partial charge on any atom is -0.478 e. The van der Waals surface area contributed by atoms with Gasteiger partial charge in [-0.2, -0.15) is 0 Å². The van der Waals surface area contributed by atoms with Crippen molar-refractivity contribution in [2.24, 2.45) is 0 Å². The topological polar surface area (TPSA) is 74.6 Å². The quantitative estimate of drug-likeness (QED) is 0.645. The molecule has 0 bridgehead atoms. The predicted octanol–water partition coefficient (Wildman–Crippen LogP) is 2.57. The van der Waals surface area contributed by atoms with Gasteiger partial charge in [-0.1, -0.05) is 28.0 Å². The van der Waals surface area contributed by atoms with Crippen LogP contribution in [0.5, 0.6) is 0 Å². The van der Waals surface area contributed by atoms with E-state index in [1.807, 2.05) is 0 Å². The van der Waals surface area contributed by atoms with Gasteiger partial charge in [0, 0.05) is 42.3 Å². The van der Waals surface area contributed by atoms with Crippen LogP contribution in [-0.4, -0.2) is 22.2 Å². The second-order valence-corrected chi connectivity index (χ2v) is 2.17. The van der Waals surface area contributed by atoms with Crippen LogP contribution in [0.25, 0.3) is 0 Å². The van der Waals surface area contributed by atoms with Crippen LogP contribution in [0.3, 0.4) is 0 Å². The van der Waals surface area contributed by atoms with Crippen LogP contribution in [0.2, 0.25) is 0 Å². The third kappa shape index (κ3) is 31.8. The van der Waals surface area contributed by atoms with Gasteiger partial charge in [-0.3, -0.25) is 0 Å². The molecule has 0 atom stereocenters.